The van der Waals surface area contributed by atoms with Crippen molar-refractivity contribution in [2.24, 2.45) is 0 Å². The van der Waals surface area contributed by atoms with Crippen LogP contribution in [0.5, 0.6) is 0 Å². The number of benzene rings is 1. The molecular formula is C7H5F3. The van der Waals surface area contributed by atoms with Gasteiger partial charge in [-0.2, -0.15) is 0 Å². The zero-order valence-electron chi connectivity index (χ0n) is 5.29. The van der Waals surface area contributed by atoms with Gasteiger partial charge in [-0.15, -0.1) is 0 Å². The normalized spacial score (nSPS) is 10.0. The molecule has 54 valence electrons. The fourth-order valence-corrected chi connectivity index (χ4v) is 0.628. The van der Waals surface area contributed by atoms with Crippen LogP contribution in [0.4, 0.5) is 13.2 Å². The lowest BCUT2D eigenvalue weighted by atomic mass is 10.2. The lowest BCUT2D eigenvalue weighted by Gasteiger charge is -1.97. The Bertz CT molecular complexity index is 228. The van der Waals surface area contributed by atoms with E-state index in [9.17, 15) is 13.2 Å². The lowest BCUT2D eigenvalue weighted by Crippen LogP contribution is -1.91. The Kier molecular flexibility index (Phi) is 1.66. The Labute approximate surface area is 56.3 Å². The number of halogens is 3. The van der Waals surface area contributed by atoms with E-state index in [4.69, 9.17) is 0 Å². The van der Waals surface area contributed by atoms with Gasteiger partial charge in [-0.1, -0.05) is 0 Å². The molecule has 0 saturated carbocycles. The molecule has 0 fully saturated rings. The number of hydrogen-bond acceptors (Lipinski definition) is 0. The first-order valence-electron chi connectivity index (χ1n) is 2.73. The van der Waals surface area contributed by atoms with Gasteiger partial charge in [-0.05, 0) is 19.1 Å². The van der Waals surface area contributed by atoms with Gasteiger partial charge >= 0.3 is 0 Å². The van der Waals surface area contributed by atoms with Gasteiger partial charge in [-0.3, -0.25) is 0 Å². The molecule has 0 saturated heterocycles. The third kappa shape index (κ3) is 0.988. The summed E-state index contributed by atoms with van der Waals surface area (Å²) in [6, 6.07) is 1.66. The SMILES string of the molecule is Cc1c(F)ccc(F)c1F. The Morgan fingerprint density at radius 2 is 1.50 bits per heavy atom. The van der Waals surface area contributed by atoms with Gasteiger partial charge in [0, 0.05) is 5.56 Å². The predicted octanol–water partition coefficient (Wildman–Crippen LogP) is 2.41. The van der Waals surface area contributed by atoms with Gasteiger partial charge < -0.3 is 0 Å². The summed E-state index contributed by atoms with van der Waals surface area (Å²) in [7, 11) is 0. The summed E-state index contributed by atoms with van der Waals surface area (Å²) < 4.78 is 36.9. The largest absolute Gasteiger partial charge is 0.207 e. The fourth-order valence-electron chi connectivity index (χ4n) is 0.628. The molecule has 1 aromatic rings. The molecule has 0 aromatic heterocycles. The van der Waals surface area contributed by atoms with Crippen LogP contribution in [-0.2, 0) is 0 Å². The Balaban J connectivity index is 3.34. The third-order valence-electron chi connectivity index (χ3n) is 1.27. The monoisotopic (exact) mass is 146 g/mol. The predicted molar refractivity (Wildman–Crippen MR) is 31.1 cm³/mol. The van der Waals surface area contributed by atoms with Crippen LogP contribution in [0.3, 0.4) is 0 Å². The molecule has 0 bridgehead atoms. The maximum absolute atomic E-state index is 12.4. The molecule has 0 N–H and O–H groups in total. The molecule has 0 aliphatic heterocycles. The van der Waals surface area contributed by atoms with Gasteiger partial charge in [0.2, 0.25) is 0 Å². The lowest BCUT2D eigenvalue weighted by molar-refractivity contribution is 0.486. The van der Waals surface area contributed by atoms with Crippen LogP contribution in [0.15, 0.2) is 12.1 Å². The summed E-state index contributed by atoms with van der Waals surface area (Å²) in [6.07, 6.45) is 0. The first kappa shape index (κ1) is 7.12. The van der Waals surface area contributed by atoms with E-state index in [0.29, 0.717) is 0 Å². The van der Waals surface area contributed by atoms with Crippen molar-refractivity contribution in [2.45, 2.75) is 6.92 Å². The van der Waals surface area contributed by atoms with Gasteiger partial charge in [0.25, 0.3) is 0 Å². The second kappa shape index (κ2) is 2.33. The third-order valence-corrected chi connectivity index (χ3v) is 1.27. The molecule has 0 aliphatic rings. The number of rotatable bonds is 0. The Morgan fingerprint density at radius 3 is 2.00 bits per heavy atom. The average Bonchev–Trinajstić information content (AvgIpc) is 1.93. The van der Waals surface area contributed by atoms with Crippen LogP contribution in [0.1, 0.15) is 5.56 Å². The van der Waals surface area contributed by atoms with Crippen LogP contribution >= 0.6 is 0 Å². The minimum absolute atomic E-state index is 0.278. The topological polar surface area (TPSA) is 0 Å². The standard InChI is InChI=1S/C7H5F3/c1-4-5(8)2-3-6(9)7(4)10/h2-3H,1H3. The summed E-state index contributed by atoms with van der Waals surface area (Å²) in [5.74, 6) is -2.85. The minimum atomic E-state index is -1.11. The van der Waals surface area contributed by atoms with Crippen LogP contribution in [-0.4, -0.2) is 0 Å². The second-order valence-electron chi connectivity index (χ2n) is 1.97. The highest BCUT2D eigenvalue weighted by molar-refractivity contribution is 5.18. The molecule has 0 amide bonds. The van der Waals surface area contributed by atoms with Crippen molar-refractivity contribution in [1.29, 1.82) is 0 Å². The van der Waals surface area contributed by atoms with Gasteiger partial charge in [0.1, 0.15) is 5.82 Å². The van der Waals surface area contributed by atoms with E-state index in [1.54, 1.807) is 0 Å². The zero-order valence-corrected chi connectivity index (χ0v) is 5.29. The Hall–Kier alpha value is -0.990. The van der Waals surface area contributed by atoms with Crippen molar-refractivity contribution in [2.75, 3.05) is 0 Å². The van der Waals surface area contributed by atoms with E-state index in [1.807, 2.05) is 0 Å². The van der Waals surface area contributed by atoms with E-state index in [-0.39, 0.29) is 5.56 Å². The number of hydrogen-bond donors (Lipinski definition) is 0. The highest BCUT2D eigenvalue weighted by Crippen LogP contribution is 2.13. The summed E-state index contributed by atoms with van der Waals surface area (Å²) in [6.45, 7) is 1.19. The van der Waals surface area contributed by atoms with Crippen LogP contribution in [0.25, 0.3) is 0 Å². The molecular weight excluding hydrogens is 141 g/mol. The van der Waals surface area contributed by atoms with E-state index >= 15 is 0 Å². The maximum Gasteiger partial charge on any atom is 0.164 e. The van der Waals surface area contributed by atoms with Crippen molar-refractivity contribution in [3.63, 3.8) is 0 Å². The zero-order chi connectivity index (χ0) is 7.72. The molecule has 0 radical (unpaired) electrons. The van der Waals surface area contributed by atoms with Crippen molar-refractivity contribution >= 4 is 0 Å². The van der Waals surface area contributed by atoms with Gasteiger partial charge in [0.05, 0.1) is 0 Å². The molecule has 0 unspecified atom stereocenters. The van der Waals surface area contributed by atoms with E-state index in [0.717, 1.165) is 12.1 Å². The average molecular weight is 146 g/mol. The van der Waals surface area contributed by atoms with Gasteiger partial charge in [0.15, 0.2) is 11.6 Å². The molecule has 1 aromatic carbocycles. The molecule has 0 spiro atoms. The van der Waals surface area contributed by atoms with Crippen molar-refractivity contribution in [3.8, 4) is 0 Å². The molecule has 3 heteroatoms. The van der Waals surface area contributed by atoms with Crippen LogP contribution in [0, 0.1) is 24.4 Å². The van der Waals surface area contributed by atoms with Crippen molar-refractivity contribution < 1.29 is 13.2 Å². The van der Waals surface area contributed by atoms with E-state index in [2.05, 4.69) is 0 Å². The van der Waals surface area contributed by atoms with Crippen LogP contribution in [0.2, 0.25) is 0 Å². The molecule has 0 aliphatic carbocycles. The molecule has 0 nitrogen and oxygen atoms in total. The second-order valence-corrected chi connectivity index (χ2v) is 1.97. The smallest absolute Gasteiger partial charge is 0.164 e. The molecule has 0 heterocycles. The summed E-state index contributed by atoms with van der Waals surface area (Å²) in [5, 5.41) is 0. The minimum Gasteiger partial charge on any atom is -0.207 e. The summed E-state index contributed by atoms with van der Waals surface area (Å²) >= 11 is 0. The summed E-state index contributed by atoms with van der Waals surface area (Å²) in [5.41, 5.74) is -0.278. The Morgan fingerprint density at radius 1 is 1.00 bits per heavy atom. The fraction of sp³-hybridized carbons (Fsp3) is 0.143. The van der Waals surface area contributed by atoms with Crippen molar-refractivity contribution in [1.82, 2.24) is 0 Å². The van der Waals surface area contributed by atoms with E-state index < -0.39 is 17.5 Å². The maximum atomic E-state index is 12.4. The highest BCUT2D eigenvalue weighted by atomic mass is 19.2. The first-order valence-corrected chi connectivity index (χ1v) is 2.73. The van der Waals surface area contributed by atoms with Crippen LogP contribution < -0.4 is 0 Å². The highest BCUT2D eigenvalue weighted by Gasteiger charge is 2.07. The quantitative estimate of drug-likeness (QED) is 0.493. The van der Waals surface area contributed by atoms with Gasteiger partial charge in [-0.25, -0.2) is 13.2 Å². The molecule has 0 atom stereocenters. The van der Waals surface area contributed by atoms with Crippen molar-refractivity contribution in [3.05, 3.63) is 35.1 Å². The molecule has 10 heavy (non-hydrogen) atoms. The first-order chi connectivity index (χ1) is 4.63. The molecule has 1 rings (SSSR count). The van der Waals surface area contributed by atoms with E-state index in [1.165, 1.54) is 6.92 Å². The summed E-state index contributed by atoms with van der Waals surface area (Å²) in [4.78, 5) is 0.